The maximum absolute atomic E-state index is 13.9. The standard InChI is InChI=1S/C18H22BrF4NO/c19-15-5-4-14(10-16(15)20)25-11-13-6-7-17(13,18(21,22)23)12-24-8-2-1-3-9-24/h4-5,10,13H,1-3,6-9,11-12H2. The molecule has 2 atom stereocenters. The molecule has 2 fully saturated rings. The van der Waals surface area contributed by atoms with Gasteiger partial charge in [-0.05, 0) is 66.8 Å². The Morgan fingerprint density at radius 2 is 1.92 bits per heavy atom. The maximum atomic E-state index is 13.9. The Bertz CT molecular complexity index is 603. The first-order valence-corrected chi connectivity index (χ1v) is 9.48. The molecule has 7 heteroatoms. The molecule has 0 bridgehead atoms. The van der Waals surface area contributed by atoms with Crippen LogP contribution in [0.4, 0.5) is 17.6 Å². The van der Waals surface area contributed by atoms with E-state index in [1.807, 2.05) is 4.90 Å². The van der Waals surface area contributed by atoms with E-state index in [1.165, 1.54) is 12.1 Å². The Labute approximate surface area is 153 Å². The fourth-order valence-corrected chi connectivity index (χ4v) is 4.14. The van der Waals surface area contributed by atoms with Crippen LogP contribution in [0.25, 0.3) is 0 Å². The van der Waals surface area contributed by atoms with Gasteiger partial charge in [-0.2, -0.15) is 13.2 Å². The van der Waals surface area contributed by atoms with Gasteiger partial charge in [0, 0.05) is 18.5 Å². The largest absolute Gasteiger partial charge is 0.493 e. The van der Waals surface area contributed by atoms with Crippen LogP contribution in [0.5, 0.6) is 5.75 Å². The maximum Gasteiger partial charge on any atom is 0.396 e. The van der Waals surface area contributed by atoms with Crippen LogP contribution in [0.2, 0.25) is 0 Å². The van der Waals surface area contributed by atoms with Gasteiger partial charge in [-0.3, -0.25) is 0 Å². The summed E-state index contributed by atoms with van der Waals surface area (Å²) >= 11 is 3.05. The second-order valence-electron chi connectivity index (χ2n) is 7.11. The first-order valence-electron chi connectivity index (χ1n) is 8.69. The van der Waals surface area contributed by atoms with E-state index in [1.54, 1.807) is 6.07 Å². The number of alkyl halides is 3. The van der Waals surface area contributed by atoms with Crippen LogP contribution in [0.1, 0.15) is 32.1 Å². The Hall–Kier alpha value is -0.820. The molecule has 3 rings (SSSR count). The van der Waals surface area contributed by atoms with Crippen molar-refractivity contribution >= 4 is 15.9 Å². The fraction of sp³-hybridized carbons (Fsp3) is 0.667. The van der Waals surface area contributed by atoms with Crippen molar-refractivity contribution in [2.75, 3.05) is 26.2 Å². The summed E-state index contributed by atoms with van der Waals surface area (Å²) in [6, 6.07) is 4.25. The molecule has 2 nitrogen and oxygen atoms in total. The lowest BCUT2D eigenvalue weighted by Crippen LogP contribution is -2.59. The van der Waals surface area contributed by atoms with E-state index in [4.69, 9.17) is 4.74 Å². The summed E-state index contributed by atoms with van der Waals surface area (Å²) in [7, 11) is 0. The third kappa shape index (κ3) is 3.97. The van der Waals surface area contributed by atoms with E-state index in [2.05, 4.69) is 15.9 Å². The van der Waals surface area contributed by atoms with Gasteiger partial charge < -0.3 is 9.64 Å². The number of benzene rings is 1. The van der Waals surface area contributed by atoms with Gasteiger partial charge in [0.25, 0.3) is 0 Å². The van der Waals surface area contributed by atoms with Gasteiger partial charge in [0.15, 0.2) is 0 Å². The van der Waals surface area contributed by atoms with E-state index in [-0.39, 0.29) is 25.3 Å². The number of rotatable bonds is 5. The molecule has 1 saturated heterocycles. The Kier molecular flexibility index (Phi) is 5.63. The first kappa shape index (κ1) is 19.0. The van der Waals surface area contributed by atoms with Crippen LogP contribution in [-0.4, -0.2) is 37.3 Å². The van der Waals surface area contributed by atoms with Gasteiger partial charge in [-0.1, -0.05) is 6.42 Å². The third-order valence-corrected chi connectivity index (χ3v) is 6.22. The number of likely N-dealkylation sites (tertiary alicyclic amines) is 1. The number of halogens is 5. The lowest BCUT2D eigenvalue weighted by Gasteiger charge is -2.52. The molecule has 0 spiro atoms. The van der Waals surface area contributed by atoms with Gasteiger partial charge in [-0.15, -0.1) is 0 Å². The highest BCUT2D eigenvalue weighted by Gasteiger charge is 2.64. The predicted molar refractivity (Wildman–Crippen MR) is 91.1 cm³/mol. The minimum Gasteiger partial charge on any atom is -0.493 e. The Morgan fingerprint density at radius 3 is 2.48 bits per heavy atom. The van der Waals surface area contributed by atoms with Crippen molar-refractivity contribution in [2.24, 2.45) is 11.3 Å². The summed E-state index contributed by atoms with van der Waals surface area (Å²) in [6.45, 7) is 1.50. The summed E-state index contributed by atoms with van der Waals surface area (Å²) in [5.41, 5.74) is -1.70. The van der Waals surface area contributed by atoms with E-state index >= 15 is 0 Å². The highest BCUT2D eigenvalue weighted by molar-refractivity contribution is 9.10. The van der Waals surface area contributed by atoms with Crippen LogP contribution in [0.3, 0.4) is 0 Å². The topological polar surface area (TPSA) is 12.5 Å². The molecule has 0 amide bonds. The van der Waals surface area contributed by atoms with Gasteiger partial charge in [0.1, 0.15) is 11.6 Å². The summed E-state index contributed by atoms with van der Waals surface area (Å²) < 4.78 is 60.9. The summed E-state index contributed by atoms with van der Waals surface area (Å²) in [4.78, 5) is 1.95. The Balaban J connectivity index is 1.67. The van der Waals surface area contributed by atoms with Gasteiger partial charge in [0.05, 0.1) is 16.5 Å². The average Bonchev–Trinajstić information content (AvgIpc) is 2.54. The van der Waals surface area contributed by atoms with Crippen molar-refractivity contribution < 1.29 is 22.3 Å². The van der Waals surface area contributed by atoms with Gasteiger partial charge >= 0.3 is 6.18 Å². The highest BCUT2D eigenvalue weighted by Crippen LogP contribution is 2.57. The minimum atomic E-state index is -4.25. The lowest BCUT2D eigenvalue weighted by atomic mass is 9.59. The average molecular weight is 424 g/mol. The quantitative estimate of drug-likeness (QED) is 0.586. The molecule has 1 aliphatic heterocycles. The number of piperidine rings is 1. The van der Waals surface area contributed by atoms with Crippen LogP contribution >= 0.6 is 15.9 Å². The molecular formula is C18H22BrF4NO. The number of hydrogen-bond donors (Lipinski definition) is 0. The lowest BCUT2D eigenvalue weighted by molar-refractivity contribution is -0.283. The summed E-state index contributed by atoms with van der Waals surface area (Å²) in [6.07, 6.45) is -0.582. The molecule has 1 aliphatic carbocycles. The molecule has 2 unspecified atom stereocenters. The molecule has 25 heavy (non-hydrogen) atoms. The number of hydrogen-bond acceptors (Lipinski definition) is 2. The molecule has 0 aromatic heterocycles. The molecule has 1 heterocycles. The van der Waals surface area contributed by atoms with Gasteiger partial charge in [-0.25, -0.2) is 4.39 Å². The van der Waals surface area contributed by atoms with Crippen LogP contribution in [-0.2, 0) is 0 Å². The van der Waals surface area contributed by atoms with E-state index in [0.717, 1.165) is 32.4 Å². The summed E-state index contributed by atoms with van der Waals surface area (Å²) in [5, 5.41) is 0. The monoisotopic (exact) mass is 423 g/mol. The number of ether oxygens (including phenoxy) is 1. The SMILES string of the molecule is Fc1cc(OCC2CCC2(CN2CCCCC2)C(F)(F)F)ccc1Br. The molecular weight excluding hydrogens is 402 g/mol. The van der Waals surface area contributed by atoms with Crippen molar-refractivity contribution in [3.8, 4) is 5.75 Å². The van der Waals surface area contributed by atoms with Crippen molar-refractivity contribution in [3.05, 3.63) is 28.5 Å². The van der Waals surface area contributed by atoms with Crippen molar-refractivity contribution in [3.63, 3.8) is 0 Å². The second-order valence-corrected chi connectivity index (χ2v) is 7.97. The molecule has 0 radical (unpaired) electrons. The molecule has 1 aromatic rings. The molecule has 0 N–H and O–H groups in total. The molecule has 2 aliphatic rings. The zero-order valence-corrected chi connectivity index (χ0v) is 15.5. The third-order valence-electron chi connectivity index (χ3n) is 5.58. The number of nitrogens with zero attached hydrogens (tertiary/aromatic N) is 1. The second kappa shape index (κ2) is 7.43. The van der Waals surface area contributed by atoms with Crippen LogP contribution in [0.15, 0.2) is 22.7 Å². The van der Waals surface area contributed by atoms with Crippen molar-refractivity contribution in [1.29, 1.82) is 0 Å². The molecule has 1 aromatic carbocycles. The van der Waals surface area contributed by atoms with Crippen molar-refractivity contribution in [1.82, 2.24) is 4.90 Å². The predicted octanol–water partition coefficient (Wildman–Crippen LogP) is 5.41. The normalized spacial score (nSPS) is 27.8. The zero-order valence-electron chi connectivity index (χ0n) is 13.9. The molecule has 1 saturated carbocycles. The fourth-order valence-electron chi connectivity index (χ4n) is 3.89. The van der Waals surface area contributed by atoms with Crippen LogP contribution in [0, 0.1) is 17.2 Å². The zero-order chi connectivity index (χ0) is 18.1. The van der Waals surface area contributed by atoms with E-state index < -0.39 is 23.3 Å². The van der Waals surface area contributed by atoms with Crippen LogP contribution < -0.4 is 4.74 Å². The first-order chi connectivity index (χ1) is 11.8. The smallest absolute Gasteiger partial charge is 0.396 e. The van der Waals surface area contributed by atoms with E-state index in [9.17, 15) is 17.6 Å². The van der Waals surface area contributed by atoms with Crippen molar-refractivity contribution in [2.45, 2.75) is 38.3 Å². The summed E-state index contributed by atoms with van der Waals surface area (Å²) in [5.74, 6) is -0.802. The highest BCUT2D eigenvalue weighted by atomic mass is 79.9. The minimum absolute atomic E-state index is 0.0333. The van der Waals surface area contributed by atoms with E-state index in [0.29, 0.717) is 10.9 Å². The molecule has 140 valence electrons. The Morgan fingerprint density at radius 1 is 1.20 bits per heavy atom. The van der Waals surface area contributed by atoms with Gasteiger partial charge in [0.2, 0.25) is 0 Å².